The molecule has 0 spiro atoms. The van der Waals surface area contributed by atoms with Gasteiger partial charge in [0.1, 0.15) is 0 Å². The predicted octanol–water partition coefficient (Wildman–Crippen LogP) is 0.412. The van der Waals surface area contributed by atoms with E-state index in [9.17, 15) is 9.67 Å². The fraction of sp³-hybridized carbons (Fsp3) is 0.375. The van der Waals surface area contributed by atoms with E-state index in [1.165, 1.54) is 23.2 Å². The Balaban J connectivity index is 2.86. The first-order valence-electron chi connectivity index (χ1n) is 4.18. The maximum absolute atomic E-state index is 10.9. The first kappa shape index (κ1) is 12.1. The van der Waals surface area contributed by atoms with Crippen molar-refractivity contribution in [3.63, 3.8) is 0 Å². The first-order valence-corrected chi connectivity index (χ1v) is 5.80. The molecule has 0 aliphatic carbocycles. The largest absolute Gasteiger partial charge is 0.376 e. The van der Waals surface area contributed by atoms with Crippen LogP contribution in [0.1, 0.15) is 12.6 Å². The Morgan fingerprint density at radius 1 is 1.73 bits per heavy atom. The van der Waals surface area contributed by atoms with Crippen molar-refractivity contribution < 1.29 is 19.5 Å². The van der Waals surface area contributed by atoms with Gasteiger partial charge in [0.25, 0.3) is 0 Å². The summed E-state index contributed by atoms with van der Waals surface area (Å²) in [6.45, 7) is 4.36. The Morgan fingerprint density at radius 3 is 2.73 bits per heavy atom. The molecule has 0 saturated carbocycles. The van der Waals surface area contributed by atoms with E-state index in [2.05, 4.69) is 11.6 Å². The summed E-state index contributed by atoms with van der Waals surface area (Å²) in [6, 6.07) is 0. The SMILES string of the molecule is C=Cc1cn(CC(C)(O)P(=O)(O)O)cn1. The molecule has 0 radical (unpaired) electrons. The quantitative estimate of drug-likeness (QED) is 0.653. The molecular formula is C8H13N2O4P. The lowest BCUT2D eigenvalue weighted by atomic mass is 10.4. The van der Waals surface area contributed by atoms with Crippen LogP contribution in [0.4, 0.5) is 0 Å². The molecule has 1 atom stereocenters. The summed E-state index contributed by atoms with van der Waals surface area (Å²) in [5.74, 6) is 0. The average molecular weight is 232 g/mol. The van der Waals surface area contributed by atoms with E-state index in [1.54, 1.807) is 0 Å². The van der Waals surface area contributed by atoms with E-state index in [1.807, 2.05) is 0 Å². The minimum absolute atomic E-state index is 0.224. The minimum atomic E-state index is -4.55. The van der Waals surface area contributed by atoms with Gasteiger partial charge in [0.15, 0.2) is 5.34 Å². The molecule has 7 heteroatoms. The molecule has 0 aromatic carbocycles. The lowest BCUT2D eigenvalue weighted by Crippen LogP contribution is -2.29. The second-order valence-corrected chi connectivity index (χ2v) is 5.49. The van der Waals surface area contributed by atoms with Gasteiger partial charge in [0.05, 0.1) is 18.6 Å². The molecule has 1 aromatic heterocycles. The maximum atomic E-state index is 10.9. The van der Waals surface area contributed by atoms with Crippen LogP contribution in [0.15, 0.2) is 19.1 Å². The van der Waals surface area contributed by atoms with Gasteiger partial charge >= 0.3 is 7.60 Å². The van der Waals surface area contributed by atoms with E-state index >= 15 is 0 Å². The van der Waals surface area contributed by atoms with Gasteiger partial charge in [0, 0.05) is 6.20 Å². The number of aliphatic hydroxyl groups is 1. The molecule has 84 valence electrons. The molecular weight excluding hydrogens is 219 g/mol. The summed E-state index contributed by atoms with van der Waals surface area (Å²) in [7, 11) is -4.55. The summed E-state index contributed by atoms with van der Waals surface area (Å²) in [4.78, 5) is 21.6. The average Bonchev–Trinajstić information content (AvgIpc) is 2.49. The zero-order valence-corrected chi connectivity index (χ0v) is 9.13. The first-order chi connectivity index (χ1) is 6.76. The van der Waals surface area contributed by atoms with E-state index in [4.69, 9.17) is 9.79 Å². The van der Waals surface area contributed by atoms with Gasteiger partial charge in [-0.1, -0.05) is 6.58 Å². The Morgan fingerprint density at radius 2 is 2.33 bits per heavy atom. The van der Waals surface area contributed by atoms with Crippen molar-refractivity contribution in [1.82, 2.24) is 9.55 Å². The number of nitrogens with zero attached hydrogens (tertiary/aromatic N) is 2. The molecule has 15 heavy (non-hydrogen) atoms. The van der Waals surface area contributed by atoms with Crippen LogP contribution in [-0.2, 0) is 11.1 Å². The number of aromatic nitrogens is 2. The van der Waals surface area contributed by atoms with Crippen LogP contribution in [0.5, 0.6) is 0 Å². The van der Waals surface area contributed by atoms with Crippen molar-refractivity contribution in [3.8, 4) is 0 Å². The zero-order chi connectivity index (χ0) is 11.7. The van der Waals surface area contributed by atoms with Gasteiger partial charge in [-0.05, 0) is 13.0 Å². The monoisotopic (exact) mass is 232 g/mol. The van der Waals surface area contributed by atoms with Gasteiger partial charge in [0.2, 0.25) is 0 Å². The minimum Gasteiger partial charge on any atom is -0.376 e. The van der Waals surface area contributed by atoms with Gasteiger partial charge < -0.3 is 19.5 Å². The van der Waals surface area contributed by atoms with Crippen LogP contribution in [0.2, 0.25) is 0 Å². The van der Waals surface area contributed by atoms with Gasteiger partial charge in [-0.25, -0.2) is 4.98 Å². The molecule has 0 fully saturated rings. The fourth-order valence-electron chi connectivity index (χ4n) is 1.01. The second-order valence-electron chi connectivity index (χ2n) is 3.44. The lowest BCUT2D eigenvalue weighted by Gasteiger charge is -2.24. The molecule has 1 aromatic rings. The highest BCUT2D eigenvalue weighted by Gasteiger charge is 2.40. The van der Waals surface area contributed by atoms with Crippen molar-refractivity contribution >= 4 is 13.7 Å². The molecule has 1 unspecified atom stereocenters. The lowest BCUT2D eigenvalue weighted by molar-refractivity contribution is 0.0912. The molecule has 0 amide bonds. The zero-order valence-electron chi connectivity index (χ0n) is 8.24. The highest BCUT2D eigenvalue weighted by Crippen LogP contribution is 2.49. The summed E-state index contributed by atoms with van der Waals surface area (Å²) in [5, 5.41) is 7.46. The fourth-order valence-corrected chi connectivity index (χ4v) is 1.35. The van der Waals surface area contributed by atoms with Crippen LogP contribution < -0.4 is 0 Å². The summed E-state index contributed by atoms with van der Waals surface area (Å²) >= 11 is 0. The van der Waals surface area contributed by atoms with Gasteiger partial charge in [-0.2, -0.15) is 0 Å². The van der Waals surface area contributed by atoms with Crippen LogP contribution in [0.3, 0.4) is 0 Å². The Hall–Kier alpha value is -0.940. The number of hydrogen-bond donors (Lipinski definition) is 3. The normalized spacial score (nSPS) is 16.0. The second kappa shape index (κ2) is 3.90. The van der Waals surface area contributed by atoms with Crippen molar-refractivity contribution in [2.24, 2.45) is 0 Å². The molecule has 6 nitrogen and oxygen atoms in total. The van der Waals surface area contributed by atoms with Crippen molar-refractivity contribution in [1.29, 1.82) is 0 Å². The Kier molecular flexibility index (Phi) is 3.16. The third-order valence-corrected chi connectivity index (χ3v) is 3.37. The summed E-state index contributed by atoms with van der Waals surface area (Å²) in [5.41, 5.74) is 0.580. The standard InChI is InChI=1S/C8H13N2O4P/c1-3-7-4-10(6-9-7)5-8(2,11)15(12,13)14/h3-4,6,11H,1,5H2,2H3,(H2,12,13,14). The van der Waals surface area contributed by atoms with E-state index < -0.39 is 12.9 Å². The van der Waals surface area contributed by atoms with E-state index in [0.29, 0.717) is 5.69 Å². The molecule has 1 rings (SSSR count). The van der Waals surface area contributed by atoms with Crippen molar-refractivity contribution in [2.45, 2.75) is 18.8 Å². The maximum Gasteiger partial charge on any atom is 0.358 e. The van der Waals surface area contributed by atoms with Crippen molar-refractivity contribution in [3.05, 3.63) is 24.8 Å². The number of rotatable bonds is 4. The Bertz CT molecular complexity index is 407. The van der Waals surface area contributed by atoms with E-state index in [-0.39, 0.29) is 6.54 Å². The molecule has 0 aliphatic heterocycles. The highest BCUT2D eigenvalue weighted by atomic mass is 31.2. The molecule has 3 N–H and O–H groups in total. The topological polar surface area (TPSA) is 95.6 Å². The third-order valence-electron chi connectivity index (χ3n) is 1.97. The third kappa shape index (κ3) is 2.76. The predicted molar refractivity (Wildman–Crippen MR) is 55.0 cm³/mol. The summed E-state index contributed by atoms with van der Waals surface area (Å²) < 4.78 is 12.3. The van der Waals surface area contributed by atoms with E-state index in [0.717, 1.165) is 6.92 Å². The van der Waals surface area contributed by atoms with Crippen LogP contribution >= 0.6 is 7.60 Å². The van der Waals surface area contributed by atoms with Crippen LogP contribution in [-0.4, -0.2) is 29.8 Å². The molecule has 1 heterocycles. The van der Waals surface area contributed by atoms with Crippen LogP contribution in [0, 0.1) is 0 Å². The molecule has 0 bridgehead atoms. The Labute approximate surface area is 87.1 Å². The highest BCUT2D eigenvalue weighted by molar-refractivity contribution is 7.53. The smallest absolute Gasteiger partial charge is 0.358 e. The number of hydrogen-bond acceptors (Lipinski definition) is 3. The van der Waals surface area contributed by atoms with Crippen LogP contribution in [0.25, 0.3) is 6.08 Å². The number of imidazole rings is 1. The molecule has 0 saturated heterocycles. The molecule has 0 aliphatic rings. The van der Waals surface area contributed by atoms with Crippen molar-refractivity contribution in [2.75, 3.05) is 0 Å². The van der Waals surface area contributed by atoms with Gasteiger partial charge in [-0.3, -0.25) is 4.57 Å². The van der Waals surface area contributed by atoms with Gasteiger partial charge in [-0.15, -0.1) is 0 Å². The summed E-state index contributed by atoms with van der Waals surface area (Å²) in [6.07, 6.45) is 4.42.